The number of morpholine rings is 1. The van der Waals surface area contributed by atoms with Crippen LogP contribution in [-0.4, -0.2) is 83.2 Å². The van der Waals surface area contributed by atoms with Gasteiger partial charge in [-0.15, -0.1) is 5.10 Å². The summed E-state index contributed by atoms with van der Waals surface area (Å²) in [6, 6.07) is 14.4. The molecule has 11 nitrogen and oxygen atoms in total. The van der Waals surface area contributed by atoms with Gasteiger partial charge in [0.05, 0.1) is 36.0 Å². The first-order chi connectivity index (χ1) is 21.8. The molecular formula is C34H46N6O5S. The number of ether oxygens (including phenoxy) is 2. The van der Waals surface area contributed by atoms with E-state index in [1.54, 1.807) is 27.0 Å². The zero-order valence-corrected chi connectivity index (χ0v) is 26.9. The third-order valence-electron chi connectivity index (χ3n) is 8.75. The Morgan fingerprint density at radius 3 is 2.54 bits per heavy atom. The molecule has 2 aliphatic rings. The molecule has 2 aromatic carbocycles. The first kappa shape index (κ1) is 33.8. The van der Waals surface area contributed by atoms with Gasteiger partial charge in [-0.1, -0.05) is 50.6 Å². The number of H-pyrrole nitrogens is 1. The largest absolute Gasteiger partial charge is 0.493 e. The topological polar surface area (TPSA) is 122 Å². The number of benzene rings is 2. The molecule has 0 bridgehead atoms. The number of nitrogens with one attached hydrogen (secondary N) is 1. The molecule has 2 aromatic heterocycles. The molecular weight excluding hydrogens is 604 g/mol. The smallest absolute Gasteiger partial charge is 0.277 e. The number of hydrogen-bond acceptors (Lipinski definition) is 8. The number of rotatable bonds is 12. The minimum absolute atomic E-state index is 0. The third-order valence-corrected chi connectivity index (χ3v) is 10.6. The van der Waals surface area contributed by atoms with Crippen LogP contribution in [-0.2, 0) is 21.3 Å². The molecule has 1 saturated heterocycles. The number of aromatic nitrogens is 4. The zero-order valence-electron chi connectivity index (χ0n) is 26.1. The van der Waals surface area contributed by atoms with Crippen molar-refractivity contribution in [2.24, 2.45) is 0 Å². The van der Waals surface area contributed by atoms with E-state index in [1.807, 2.05) is 44.2 Å². The number of hydrogen-bond donors (Lipinski definition) is 1. The Labute approximate surface area is 271 Å². The Kier molecular flexibility index (Phi) is 10.9. The van der Waals surface area contributed by atoms with Crippen LogP contribution in [0.3, 0.4) is 0 Å². The molecule has 0 unspecified atom stereocenters. The highest BCUT2D eigenvalue weighted by atomic mass is 32.2. The maximum atomic E-state index is 14.3. The highest BCUT2D eigenvalue weighted by Crippen LogP contribution is 2.35. The highest BCUT2D eigenvalue weighted by molar-refractivity contribution is 7.89. The SMILES string of the molecule is C.CCOc1ccc(S(=O)(=O)N(CCCN2CCOCC2)Cc2ccccc2)cc1-c1nn2c(C3CCCC3)nc(C)c2c(=O)[nH]1. The molecule has 46 heavy (non-hydrogen) atoms. The molecule has 1 saturated carbocycles. The average molecular weight is 651 g/mol. The molecule has 1 aliphatic carbocycles. The van der Waals surface area contributed by atoms with E-state index in [9.17, 15) is 13.2 Å². The number of nitrogens with zero attached hydrogens (tertiary/aromatic N) is 5. The van der Waals surface area contributed by atoms with E-state index in [0.29, 0.717) is 55.3 Å². The minimum Gasteiger partial charge on any atom is -0.493 e. The van der Waals surface area contributed by atoms with Gasteiger partial charge in [-0.05, 0) is 63.4 Å². The molecule has 0 radical (unpaired) electrons. The van der Waals surface area contributed by atoms with Crippen molar-refractivity contribution < 1.29 is 17.9 Å². The monoisotopic (exact) mass is 650 g/mol. The molecule has 3 heterocycles. The highest BCUT2D eigenvalue weighted by Gasteiger charge is 2.28. The van der Waals surface area contributed by atoms with Crippen molar-refractivity contribution in [3.05, 3.63) is 76.0 Å². The lowest BCUT2D eigenvalue weighted by molar-refractivity contribution is 0.0368. The fourth-order valence-electron chi connectivity index (χ4n) is 6.41. The quantitative estimate of drug-likeness (QED) is 0.228. The summed E-state index contributed by atoms with van der Waals surface area (Å²) in [6.45, 7) is 8.54. The fourth-order valence-corrected chi connectivity index (χ4v) is 7.91. The lowest BCUT2D eigenvalue weighted by atomic mass is 10.1. The first-order valence-corrected chi connectivity index (χ1v) is 17.4. The van der Waals surface area contributed by atoms with Crippen molar-refractivity contribution >= 4 is 15.5 Å². The molecule has 2 fully saturated rings. The summed E-state index contributed by atoms with van der Waals surface area (Å²) in [5.41, 5.74) is 2.04. The zero-order chi connectivity index (χ0) is 31.4. The van der Waals surface area contributed by atoms with Gasteiger partial charge in [0.15, 0.2) is 11.3 Å². The molecule has 6 rings (SSSR count). The summed E-state index contributed by atoms with van der Waals surface area (Å²) in [6.07, 6.45) is 4.93. The van der Waals surface area contributed by atoms with Crippen LogP contribution in [0.1, 0.15) is 69.5 Å². The Bertz CT molecular complexity index is 1780. The van der Waals surface area contributed by atoms with Crippen molar-refractivity contribution in [3.63, 3.8) is 0 Å². The molecule has 12 heteroatoms. The van der Waals surface area contributed by atoms with Gasteiger partial charge in [0.25, 0.3) is 5.56 Å². The third kappa shape index (κ3) is 7.20. The van der Waals surface area contributed by atoms with Gasteiger partial charge in [-0.25, -0.2) is 17.9 Å². The van der Waals surface area contributed by atoms with Crippen LogP contribution in [0, 0.1) is 6.92 Å². The van der Waals surface area contributed by atoms with Gasteiger partial charge in [0.2, 0.25) is 10.0 Å². The minimum atomic E-state index is -3.94. The van der Waals surface area contributed by atoms with Gasteiger partial charge in [0.1, 0.15) is 11.6 Å². The molecule has 1 N–H and O–H groups in total. The molecule has 4 aromatic rings. The summed E-state index contributed by atoms with van der Waals surface area (Å²) in [7, 11) is -3.94. The van der Waals surface area contributed by atoms with E-state index in [2.05, 4.69) is 9.88 Å². The van der Waals surface area contributed by atoms with E-state index in [4.69, 9.17) is 19.6 Å². The Morgan fingerprint density at radius 2 is 1.83 bits per heavy atom. The predicted octanol–water partition coefficient (Wildman–Crippen LogP) is 5.00. The summed E-state index contributed by atoms with van der Waals surface area (Å²) < 4.78 is 43.2. The van der Waals surface area contributed by atoms with Crippen molar-refractivity contribution in [1.82, 2.24) is 28.8 Å². The average Bonchev–Trinajstić information content (AvgIpc) is 3.70. The second-order valence-electron chi connectivity index (χ2n) is 11.8. The van der Waals surface area contributed by atoms with E-state index in [0.717, 1.165) is 56.7 Å². The van der Waals surface area contributed by atoms with Crippen molar-refractivity contribution in [2.75, 3.05) is 46.0 Å². The number of aryl methyl sites for hydroxylation is 1. The van der Waals surface area contributed by atoms with Gasteiger partial charge < -0.3 is 14.5 Å². The van der Waals surface area contributed by atoms with Crippen molar-refractivity contribution in [2.45, 2.75) is 70.7 Å². The fraction of sp³-hybridized carbons (Fsp3) is 0.500. The van der Waals surface area contributed by atoms with Crippen LogP contribution in [0.5, 0.6) is 5.75 Å². The van der Waals surface area contributed by atoms with E-state index in [1.165, 1.54) is 0 Å². The number of fused-ring (bicyclic) bond motifs is 1. The van der Waals surface area contributed by atoms with Crippen molar-refractivity contribution in [1.29, 1.82) is 0 Å². The Hall–Kier alpha value is -3.58. The van der Waals surface area contributed by atoms with Gasteiger partial charge in [-0.2, -0.15) is 4.31 Å². The van der Waals surface area contributed by atoms with Crippen LogP contribution >= 0.6 is 0 Å². The number of sulfonamides is 1. The van der Waals surface area contributed by atoms with Gasteiger partial charge >= 0.3 is 0 Å². The first-order valence-electron chi connectivity index (χ1n) is 16.0. The van der Waals surface area contributed by atoms with E-state index >= 15 is 0 Å². The molecule has 1 aliphatic heterocycles. The van der Waals surface area contributed by atoms with Crippen LogP contribution in [0.2, 0.25) is 0 Å². The van der Waals surface area contributed by atoms with Crippen molar-refractivity contribution in [3.8, 4) is 17.1 Å². The van der Waals surface area contributed by atoms with Gasteiger partial charge in [-0.3, -0.25) is 9.69 Å². The van der Waals surface area contributed by atoms with Crippen LogP contribution in [0.15, 0.2) is 58.2 Å². The molecule has 0 amide bonds. The Balaban J connectivity index is 0.00000417. The maximum absolute atomic E-state index is 14.3. The Morgan fingerprint density at radius 1 is 1.09 bits per heavy atom. The summed E-state index contributed by atoms with van der Waals surface area (Å²) in [4.78, 5) is 23.5. The van der Waals surface area contributed by atoms with Crippen LogP contribution in [0.25, 0.3) is 16.9 Å². The molecule has 0 atom stereocenters. The molecule has 248 valence electrons. The lowest BCUT2D eigenvalue weighted by Crippen LogP contribution is -2.39. The van der Waals surface area contributed by atoms with Crippen LogP contribution < -0.4 is 10.3 Å². The normalized spacial score (nSPS) is 16.2. The second kappa shape index (κ2) is 14.9. The lowest BCUT2D eigenvalue weighted by Gasteiger charge is -2.28. The predicted molar refractivity (Wildman–Crippen MR) is 179 cm³/mol. The summed E-state index contributed by atoms with van der Waals surface area (Å²) in [5.74, 6) is 1.70. The van der Waals surface area contributed by atoms with E-state index < -0.39 is 10.0 Å². The summed E-state index contributed by atoms with van der Waals surface area (Å²) in [5, 5.41) is 4.85. The number of aromatic amines is 1. The van der Waals surface area contributed by atoms with Gasteiger partial charge in [0, 0.05) is 32.1 Å². The maximum Gasteiger partial charge on any atom is 0.277 e. The number of imidazole rings is 1. The molecule has 0 spiro atoms. The van der Waals surface area contributed by atoms with E-state index in [-0.39, 0.29) is 36.2 Å². The second-order valence-corrected chi connectivity index (χ2v) is 13.8. The standard InChI is InChI=1S/C33H42N6O5S.CH4/c1-3-44-29-15-14-27(22-28(29)31-35-33(40)30-24(2)34-32(39(30)36-31)26-12-7-8-13-26)45(41,42)38(23-25-10-5-4-6-11-25)17-9-16-37-18-20-43-21-19-37;/h4-6,10-11,14-15,22,26H,3,7-9,12-13,16-21,23H2,1-2H3,(H,35,36,40);1H4. The summed E-state index contributed by atoms with van der Waals surface area (Å²) >= 11 is 0. The van der Waals surface area contributed by atoms with Crippen LogP contribution in [0.4, 0.5) is 0 Å².